The maximum Gasteiger partial charge on any atom is 0.0597 e. The van der Waals surface area contributed by atoms with Crippen LogP contribution in [0.15, 0.2) is 6.07 Å². The Balaban J connectivity index is 2.10. The summed E-state index contributed by atoms with van der Waals surface area (Å²) in [6.07, 6.45) is 3.92. The highest BCUT2D eigenvalue weighted by molar-refractivity contribution is 5.09. The summed E-state index contributed by atoms with van der Waals surface area (Å²) in [7, 11) is 0. The zero-order chi connectivity index (χ0) is 13.8. The number of hydrogen-bond donors (Lipinski definition) is 1. The van der Waals surface area contributed by atoms with Crippen molar-refractivity contribution in [3.8, 4) is 0 Å². The van der Waals surface area contributed by atoms with Crippen LogP contribution in [0.1, 0.15) is 44.5 Å². The first-order valence-electron chi connectivity index (χ1n) is 7.67. The minimum absolute atomic E-state index is 0.663. The summed E-state index contributed by atoms with van der Waals surface area (Å²) in [6, 6.07) is 2.88. The Hall–Kier alpha value is -0.870. The van der Waals surface area contributed by atoms with Gasteiger partial charge in [-0.1, -0.05) is 13.3 Å². The van der Waals surface area contributed by atoms with Gasteiger partial charge < -0.3 is 5.73 Å². The van der Waals surface area contributed by atoms with E-state index in [0.29, 0.717) is 12.0 Å². The molecule has 19 heavy (non-hydrogen) atoms. The summed E-state index contributed by atoms with van der Waals surface area (Å²) < 4.78 is 2.13. The fraction of sp³-hybridized carbons (Fsp3) is 0.800. The van der Waals surface area contributed by atoms with E-state index in [0.717, 1.165) is 31.9 Å². The van der Waals surface area contributed by atoms with E-state index in [1.807, 2.05) is 0 Å². The molecular formula is C15H28N4. The van der Waals surface area contributed by atoms with Gasteiger partial charge in [0, 0.05) is 19.1 Å². The maximum atomic E-state index is 5.93. The van der Waals surface area contributed by atoms with Crippen LogP contribution < -0.4 is 5.73 Å². The van der Waals surface area contributed by atoms with Gasteiger partial charge in [-0.05, 0) is 51.8 Å². The van der Waals surface area contributed by atoms with Gasteiger partial charge in [-0.2, -0.15) is 5.10 Å². The Labute approximate surface area is 117 Å². The van der Waals surface area contributed by atoms with E-state index in [1.54, 1.807) is 0 Å². The molecule has 1 aromatic heterocycles. The average molecular weight is 264 g/mol. The average Bonchev–Trinajstić information content (AvgIpc) is 3.01. The van der Waals surface area contributed by atoms with Gasteiger partial charge in [-0.15, -0.1) is 0 Å². The summed E-state index contributed by atoms with van der Waals surface area (Å²) in [5.74, 6) is 0.680. The lowest BCUT2D eigenvalue weighted by atomic mass is 10.0. The van der Waals surface area contributed by atoms with Gasteiger partial charge in [0.15, 0.2) is 0 Å². The fourth-order valence-corrected chi connectivity index (χ4v) is 3.44. The zero-order valence-corrected chi connectivity index (χ0v) is 12.6. The second-order valence-corrected chi connectivity index (χ2v) is 5.65. The van der Waals surface area contributed by atoms with Crippen molar-refractivity contribution < 1.29 is 0 Å². The highest BCUT2D eigenvalue weighted by Crippen LogP contribution is 2.30. The standard InChI is InChI=1S/C15H28N4/c1-4-18(15-8-6-7-13(15)10-16)11-14-9-12(3)17-19(14)5-2/h9,13,15H,4-8,10-11,16H2,1-3H3. The Morgan fingerprint density at radius 1 is 1.42 bits per heavy atom. The molecule has 4 nitrogen and oxygen atoms in total. The van der Waals surface area contributed by atoms with E-state index in [1.165, 1.54) is 25.0 Å². The molecule has 2 atom stereocenters. The molecule has 108 valence electrons. The number of rotatable bonds is 6. The first-order valence-corrected chi connectivity index (χ1v) is 7.67. The minimum Gasteiger partial charge on any atom is -0.330 e. The zero-order valence-electron chi connectivity index (χ0n) is 12.6. The second kappa shape index (κ2) is 6.53. The molecule has 4 heteroatoms. The third-order valence-electron chi connectivity index (χ3n) is 4.45. The first kappa shape index (κ1) is 14.5. The van der Waals surface area contributed by atoms with Crippen LogP contribution in [-0.2, 0) is 13.1 Å². The molecule has 0 aliphatic heterocycles. The molecular weight excluding hydrogens is 236 g/mol. The van der Waals surface area contributed by atoms with Gasteiger partial charge in [0.1, 0.15) is 0 Å². The summed E-state index contributed by atoms with van der Waals surface area (Å²) in [4.78, 5) is 2.59. The van der Waals surface area contributed by atoms with Crippen LogP contribution in [0.25, 0.3) is 0 Å². The molecule has 2 unspecified atom stereocenters. The molecule has 2 N–H and O–H groups in total. The van der Waals surface area contributed by atoms with Crippen molar-refractivity contribution in [1.29, 1.82) is 0 Å². The normalized spacial score (nSPS) is 23.4. The summed E-state index contributed by atoms with van der Waals surface area (Å²) in [6.45, 7) is 10.4. The Morgan fingerprint density at radius 3 is 2.84 bits per heavy atom. The third kappa shape index (κ3) is 3.18. The van der Waals surface area contributed by atoms with Crippen LogP contribution in [-0.4, -0.2) is 33.8 Å². The summed E-state index contributed by atoms with van der Waals surface area (Å²) >= 11 is 0. The van der Waals surface area contributed by atoms with Crippen LogP contribution >= 0.6 is 0 Å². The van der Waals surface area contributed by atoms with Gasteiger partial charge in [0.2, 0.25) is 0 Å². The predicted molar refractivity (Wildman–Crippen MR) is 78.9 cm³/mol. The quantitative estimate of drug-likeness (QED) is 0.856. The van der Waals surface area contributed by atoms with E-state index in [2.05, 4.69) is 41.5 Å². The van der Waals surface area contributed by atoms with Gasteiger partial charge in [-0.25, -0.2) is 0 Å². The fourth-order valence-electron chi connectivity index (χ4n) is 3.44. The maximum absolute atomic E-state index is 5.93. The number of nitrogens with zero attached hydrogens (tertiary/aromatic N) is 3. The lowest BCUT2D eigenvalue weighted by Gasteiger charge is -2.31. The van der Waals surface area contributed by atoms with Crippen molar-refractivity contribution in [2.75, 3.05) is 13.1 Å². The number of hydrogen-bond acceptors (Lipinski definition) is 3. The van der Waals surface area contributed by atoms with Crippen LogP contribution in [0, 0.1) is 12.8 Å². The highest BCUT2D eigenvalue weighted by atomic mass is 15.3. The molecule has 1 fully saturated rings. The first-order chi connectivity index (χ1) is 9.19. The van der Waals surface area contributed by atoms with E-state index in [-0.39, 0.29) is 0 Å². The van der Waals surface area contributed by atoms with Crippen LogP contribution in [0.5, 0.6) is 0 Å². The molecule has 1 aliphatic rings. The molecule has 1 heterocycles. The van der Waals surface area contributed by atoms with Gasteiger partial charge >= 0.3 is 0 Å². The molecule has 1 aromatic rings. The Bertz CT molecular complexity index is 399. The van der Waals surface area contributed by atoms with Gasteiger partial charge in [-0.3, -0.25) is 9.58 Å². The lowest BCUT2D eigenvalue weighted by molar-refractivity contribution is 0.158. The monoisotopic (exact) mass is 264 g/mol. The smallest absolute Gasteiger partial charge is 0.0597 e. The largest absolute Gasteiger partial charge is 0.330 e. The van der Waals surface area contributed by atoms with Crippen molar-refractivity contribution in [2.45, 2.75) is 59.2 Å². The molecule has 2 rings (SSSR count). The van der Waals surface area contributed by atoms with E-state index >= 15 is 0 Å². The van der Waals surface area contributed by atoms with E-state index < -0.39 is 0 Å². The van der Waals surface area contributed by atoms with Crippen LogP contribution in [0.4, 0.5) is 0 Å². The molecule has 1 aliphatic carbocycles. The molecule has 0 amide bonds. The van der Waals surface area contributed by atoms with Crippen LogP contribution in [0.2, 0.25) is 0 Å². The molecule has 1 saturated carbocycles. The number of aryl methyl sites for hydroxylation is 2. The summed E-state index contributed by atoms with van der Waals surface area (Å²) in [5.41, 5.74) is 8.38. The van der Waals surface area contributed by atoms with E-state index in [4.69, 9.17) is 5.73 Å². The van der Waals surface area contributed by atoms with Crippen molar-refractivity contribution in [2.24, 2.45) is 11.7 Å². The van der Waals surface area contributed by atoms with Gasteiger partial charge in [0.05, 0.1) is 11.4 Å². The SMILES string of the molecule is CCN(Cc1cc(C)nn1CC)C1CCCC1CN. The highest BCUT2D eigenvalue weighted by Gasteiger charge is 2.30. The van der Waals surface area contributed by atoms with Gasteiger partial charge in [0.25, 0.3) is 0 Å². The Morgan fingerprint density at radius 2 is 2.21 bits per heavy atom. The van der Waals surface area contributed by atoms with Crippen molar-refractivity contribution in [3.05, 3.63) is 17.5 Å². The summed E-state index contributed by atoms with van der Waals surface area (Å²) in [5, 5.41) is 4.55. The number of nitrogens with two attached hydrogens (primary N) is 1. The van der Waals surface area contributed by atoms with E-state index in [9.17, 15) is 0 Å². The second-order valence-electron chi connectivity index (χ2n) is 5.65. The predicted octanol–water partition coefficient (Wildman–Crippen LogP) is 2.16. The third-order valence-corrected chi connectivity index (χ3v) is 4.45. The number of aromatic nitrogens is 2. The Kier molecular flexibility index (Phi) is 4.99. The van der Waals surface area contributed by atoms with Crippen molar-refractivity contribution >= 4 is 0 Å². The molecule has 0 bridgehead atoms. The van der Waals surface area contributed by atoms with Crippen LogP contribution in [0.3, 0.4) is 0 Å². The minimum atomic E-state index is 0.663. The topological polar surface area (TPSA) is 47.1 Å². The lowest BCUT2D eigenvalue weighted by Crippen LogP contribution is -2.40. The molecule has 0 spiro atoms. The van der Waals surface area contributed by atoms with Crippen molar-refractivity contribution in [3.63, 3.8) is 0 Å². The molecule has 0 aromatic carbocycles. The molecule has 0 saturated heterocycles. The van der Waals surface area contributed by atoms with Crippen molar-refractivity contribution in [1.82, 2.24) is 14.7 Å². The molecule has 0 radical (unpaired) electrons.